The molecule has 1 aliphatic heterocycles. The van der Waals surface area contributed by atoms with E-state index < -0.39 is 12.2 Å². The number of H-pyrrole nitrogens is 1. The van der Waals surface area contributed by atoms with Crippen LogP contribution in [-0.4, -0.2) is 45.7 Å². The van der Waals surface area contributed by atoms with Gasteiger partial charge < -0.3 is 31.6 Å². The van der Waals surface area contributed by atoms with Gasteiger partial charge in [-0.25, -0.2) is 4.99 Å². The summed E-state index contributed by atoms with van der Waals surface area (Å²) in [5.41, 5.74) is 7.89. The summed E-state index contributed by atoms with van der Waals surface area (Å²) in [6, 6.07) is -0.247. The summed E-state index contributed by atoms with van der Waals surface area (Å²) in [6.07, 6.45) is 5.68. The molecule has 0 radical (unpaired) electrons. The molecule has 0 spiro atoms. The predicted molar refractivity (Wildman–Crippen MR) is 84.1 cm³/mol. The van der Waals surface area contributed by atoms with Crippen molar-refractivity contribution in [2.75, 3.05) is 11.6 Å². The first-order valence-corrected chi connectivity index (χ1v) is 8.00. The van der Waals surface area contributed by atoms with Gasteiger partial charge in [-0.2, -0.15) is 0 Å². The number of thioether (sulfide) groups is 1. The molecule has 2 aliphatic rings. The number of hydrogen-bond acceptors (Lipinski definition) is 7. The molecule has 0 bridgehead atoms. The first-order chi connectivity index (χ1) is 10.1. The topological polar surface area (TPSA) is 119 Å². The Hall–Kier alpha value is -1.48. The summed E-state index contributed by atoms with van der Waals surface area (Å²) >= 11 is 1.61. The molecule has 0 fully saturated rings. The number of aromatic nitrogens is 1. The van der Waals surface area contributed by atoms with Crippen molar-refractivity contribution in [2.24, 2.45) is 10.7 Å². The maximum Gasteiger partial charge on any atom is 0.195 e. The molecule has 0 saturated carbocycles. The molecule has 4 atom stereocenters. The van der Waals surface area contributed by atoms with Crippen LogP contribution in [0, 0.1) is 0 Å². The molecule has 1 aromatic heterocycles. The lowest BCUT2D eigenvalue weighted by atomic mass is 10.1. The van der Waals surface area contributed by atoms with Gasteiger partial charge in [0.2, 0.25) is 0 Å². The first-order valence-electron chi connectivity index (χ1n) is 6.71. The van der Waals surface area contributed by atoms with E-state index >= 15 is 0 Å². The summed E-state index contributed by atoms with van der Waals surface area (Å²) in [4.78, 5) is 7.54. The highest BCUT2D eigenvalue weighted by Gasteiger charge is 2.29. The molecule has 7 N–H and O–H groups in total. The fourth-order valence-corrected chi connectivity index (χ4v) is 3.34. The summed E-state index contributed by atoms with van der Waals surface area (Å²) in [7, 11) is 0. The second kappa shape index (κ2) is 5.72. The molecule has 0 saturated heterocycles. The van der Waals surface area contributed by atoms with Crippen LogP contribution in [0.25, 0.3) is 0 Å². The minimum Gasteiger partial charge on any atom is -0.388 e. The molecule has 3 unspecified atom stereocenters. The minimum absolute atomic E-state index is 0.0427. The van der Waals surface area contributed by atoms with Crippen molar-refractivity contribution in [3.05, 3.63) is 29.5 Å². The summed E-state index contributed by atoms with van der Waals surface area (Å²) in [5.74, 6) is 1.27. The summed E-state index contributed by atoms with van der Waals surface area (Å²) < 4.78 is 0. The maximum absolute atomic E-state index is 9.82. The van der Waals surface area contributed by atoms with Crippen molar-refractivity contribution < 1.29 is 10.2 Å². The van der Waals surface area contributed by atoms with E-state index in [1.807, 2.05) is 12.5 Å². The van der Waals surface area contributed by atoms with Crippen molar-refractivity contribution in [3.8, 4) is 0 Å². The molecule has 7 nitrogen and oxygen atoms in total. The van der Waals surface area contributed by atoms with Crippen LogP contribution in [-0.2, 0) is 6.54 Å². The molecule has 1 aliphatic carbocycles. The third kappa shape index (κ3) is 2.67. The molecule has 114 valence electrons. The number of nitrogens with two attached hydrogens (primary N) is 1. The average Bonchev–Trinajstić information content (AvgIpc) is 3.01. The van der Waals surface area contributed by atoms with Crippen molar-refractivity contribution in [3.63, 3.8) is 0 Å². The lowest BCUT2D eigenvalue weighted by Gasteiger charge is -2.22. The number of fused-ring (bicyclic) bond motifs is 1. The van der Waals surface area contributed by atoms with Crippen LogP contribution < -0.4 is 16.4 Å². The maximum atomic E-state index is 9.82. The Morgan fingerprint density at radius 3 is 2.90 bits per heavy atom. The number of rotatable bonds is 4. The number of nitrogens with one attached hydrogen (secondary N) is 3. The SMILES string of the molecule is CSC1N=C(N)Nc2[nH]cc(CNC3C=C[C@H](O)C3O)c21. The van der Waals surface area contributed by atoms with Crippen LogP contribution in [0.15, 0.2) is 23.3 Å². The quantitative estimate of drug-likeness (QED) is 0.431. The Balaban J connectivity index is 1.73. The van der Waals surface area contributed by atoms with Crippen LogP contribution in [0.5, 0.6) is 0 Å². The molecular weight excluding hydrogens is 290 g/mol. The normalized spacial score (nSPS) is 30.9. The van der Waals surface area contributed by atoms with Gasteiger partial charge in [0, 0.05) is 18.3 Å². The van der Waals surface area contributed by atoms with E-state index in [1.165, 1.54) is 0 Å². The average molecular weight is 309 g/mol. The van der Waals surface area contributed by atoms with Crippen molar-refractivity contribution in [1.82, 2.24) is 10.3 Å². The van der Waals surface area contributed by atoms with Crippen molar-refractivity contribution in [1.29, 1.82) is 0 Å². The molecule has 0 aromatic carbocycles. The standard InChI is InChI=1S/C13H19N5O2S/c1-21-12-9-6(5-16-11(9)17-13(14)18-12)4-15-7-2-3-8(19)10(7)20/h2-3,5,7-8,10,12,15-16,19-20H,4H2,1H3,(H3,14,17,18)/t7?,8-,10?,12?/m0/s1. The first kappa shape index (κ1) is 14.5. The van der Waals surface area contributed by atoms with Gasteiger partial charge in [0.15, 0.2) is 5.96 Å². The molecular formula is C13H19N5O2S. The lowest BCUT2D eigenvalue weighted by Crippen LogP contribution is -2.40. The Morgan fingerprint density at radius 1 is 1.43 bits per heavy atom. The Morgan fingerprint density at radius 2 is 2.24 bits per heavy atom. The highest BCUT2D eigenvalue weighted by atomic mass is 32.2. The number of aliphatic imine (C=N–C) groups is 1. The van der Waals surface area contributed by atoms with Crippen LogP contribution in [0.2, 0.25) is 0 Å². The van der Waals surface area contributed by atoms with E-state index in [0.717, 1.165) is 16.9 Å². The van der Waals surface area contributed by atoms with Crippen LogP contribution in [0.1, 0.15) is 16.5 Å². The molecule has 2 heterocycles. The van der Waals surface area contributed by atoms with E-state index in [1.54, 1.807) is 23.9 Å². The molecule has 0 amide bonds. The van der Waals surface area contributed by atoms with Gasteiger partial charge in [-0.05, 0) is 11.8 Å². The molecule has 8 heteroatoms. The van der Waals surface area contributed by atoms with Gasteiger partial charge in [0.1, 0.15) is 17.3 Å². The number of guanidine groups is 1. The Labute approximate surface area is 126 Å². The minimum atomic E-state index is -0.803. The zero-order valence-electron chi connectivity index (χ0n) is 11.6. The Bertz CT molecular complexity index is 585. The molecule has 21 heavy (non-hydrogen) atoms. The van der Waals surface area contributed by atoms with E-state index in [-0.39, 0.29) is 11.4 Å². The number of anilines is 1. The van der Waals surface area contributed by atoms with Gasteiger partial charge in [0.25, 0.3) is 0 Å². The summed E-state index contributed by atoms with van der Waals surface area (Å²) in [6.45, 7) is 0.568. The van der Waals surface area contributed by atoms with E-state index in [2.05, 4.69) is 20.6 Å². The smallest absolute Gasteiger partial charge is 0.195 e. The number of aliphatic hydroxyl groups excluding tert-OH is 2. The van der Waals surface area contributed by atoms with Crippen LogP contribution in [0.4, 0.5) is 5.82 Å². The fourth-order valence-electron chi connectivity index (χ4n) is 2.62. The zero-order chi connectivity index (χ0) is 15.0. The predicted octanol–water partition coefficient (Wildman–Crippen LogP) is -0.134. The lowest BCUT2D eigenvalue weighted by molar-refractivity contribution is 0.0441. The molecule has 3 rings (SSSR count). The third-order valence-corrected chi connectivity index (χ3v) is 4.53. The Kier molecular flexibility index (Phi) is 3.94. The third-order valence-electron chi connectivity index (χ3n) is 3.75. The second-order valence-corrected chi connectivity index (χ2v) is 6.02. The monoisotopic (exact) mass is 309 g/mol. The van der Waals surface area contributed by atoms with Gasteiger partial charge in [0.05, 0.1) is 12.1 Å². The summed E-state index contributed by atoms with van der Waals surface area (Å²) in [5, 5.41) is 25.5. The zero-order valence-corrected chi connectivity index (χ0v) is 12.4. The van der Waals surface area contributed by atoms with E-state index in [4.69, 9.17) is 5.73 Å². The molecule has 1 aromatic rings. The van der Waals surface area contributed by atoms with Gasteiger partial charge in [-0.15, -0.1) is 11.8 Å². The van der Waals surface area contributed by atoms with Crippen LogP contribution in [0.3, 0.4) is 0 Å². The number of aromatic amines is 1. The second-order valence-electron chi connectivity index (χ2n) is 5.10. The fraction of sp³-hybridized carbons (Fsp3) is 0.462. The highest BCUT2D eigenvalue weighted by molar-refractivity contribution is 7.98. The van der Waals surface area contributed by atoms with E-state index in [9.17, 15) is 10.2 Å². The highest BCUT2D eigenvalue weighted by Crippen LogP contribution is 2.38. The van der Waals surface area contributed by atoms with Crippen LogP contribution >= 0.6 is 11.8 Å². The number of aliphatic hydroxyl groups is 2. The number of hydrogen-bond donors (Lipinski definition) is 6. The van der Waals surface area contributed by atoms with Gasteiger partial charge >= 0.3 is 0 Å². The number of nitrogens with zero attached hydrogens (tertiary/aromatic N) is 1. The van der Waals surface area contributed by atoms with Crippen molar-refractivity contribution in [2.45, 2.75) is 30.2 Å². The van der Waals surface area contributed by atoms with Crippen molar-refractivity contribution >= 4 is 23.5 Å². The van der Waals surface area contributed by atoms with Gasteiger partial charge in [-0.3, -0.25) is 0 Å². The van der Waals surface area contributed by atoms with Gasteiger partial charge in [-0.1, -0.05) is 12.2 Å². The largest absolute Gasteiger partial charge is 0.388 e. The van der Waals surface area contributed by atoms with E-state index in [0.29, 0.717) is 12.5 Å².